The third-order valence-corrected chi connectivity index (χ3v) is 5.13. The molecule has 0 spiro atoms. The minimum Gasteiger partial charge on any atom is -0.478 e. The fourth-order valence-corrected chi connectivity index (χ4v) is 3.56. The van der Waals surface area contributed by atoms with Gasteiger partial charge in [-0.1, -0.05) is 30.4 Å². The van der Waals surface area contributed by atoms with Crippen molar-refractivity contribution in [3.05, 3.63) is 51.4 Å². The Hall–Kier alpha value is -3.27. The van der Waals surface area contributed by atoms with Crippen LogP contribution in [-0.2, 0) is 27.4 Å². The summed E-state index contributed by atoms with van der Waals surface area (Å²) in [5.41, 5.74) is 0.550. The summed E-state index contributed by atoms with van der Waals surface area (Å²) in [5.74, 6) is -0.540. The Bertz CT molecular complexity index is 1120. The van der Waals surface area contributed by atoms with Crippen LogP contribution in [0.15, 0.2) is 35.1 Å². The number of carbonyl (C=O) groups excluding carboxylic acids is 2. The molecule has 1 N–H and O–H groups in total. The summed E-state index contributed by atoms with van der Waals surface area (Å²) < 4.78 is 12.0. The molecule has 28 heavy (non-hydrogen) atoms. The van der Waals surface area contributed by atoms with E-state index in [1.807, 2.05) is 6.92 Å². The first-order chi connectivity index (χ1) is 13.5. The molecule has 0 saturated carbocycles. The van der Waals surface area contributed by atoms with Crippen LogP contribution in [0.3, 0.4) is 0 Å². The van der Waals surface area contributed by atoms with E-state index in [4.69, 9.17) is 9.47 Å². The Morgan fingerprint density at radius 3 is 3.00 bits per heavy atom. The van der Waals surface area contributed by atoms with Crippen molar-refractivity contribution in [2.24, 2.45) is 0 Å². The van der Waals surface area contributed by atoms with Crippen LogP contribution in [0.2, 0.25) is 0 Å². The van der Waals surface area contributed by atoms with Crippen LogP contribution in [0, 0.1) is 0 Å². The number of aryl methyl sites for hydroxylation is 1. The van der Waals surface area contributed by atoms with Gasteiger partial charge in [-0.25, -0.2) is 4.98 Å². The SMILES string of the molecule is CCc1nn2c(=O)cc(COC(=O)CC3Oc4ccccc4NC3=O)nc2s1. The lowest BCUT2D eigenvalue weighted by molar-refractivity contribution is -0.149. The molecular weight excluding hydrogens is 384 g/mol. The van der Waals surface area contributed by atoms with Crippen LogP contribution in [-0.4, -0.2) is 32.6 Å². The minimum atomic E-state index is -0.975. The summed E-state index contributed by atoms with van der Waals surface area (Å²) in [4.78, 5) is 41.1. The first kappa shape index (κ1) is 18.1. The fraction of sp³-hybridized carbons (Fsp3) is 0.278. The Morgan fingerprint density at radius 2 is 2.18 bits per heavy atom. The number of fused-ring (bicyclic) bond motifs is 2. The van der Waals surface area contributed by atoms with Crippen LogP contribution in [0.4, 0.5) is 5.69 Å². The zero-order valence-electron chi connectivity index (χ0n) is 14.9. The van der Waals surface area contributed by atoms with Gasteiger partial charge in [-0.15, -0.1) is 0 Å². The number of nitrogens with zero attached hydrogens (tertiary/aromatic N) is 3. The second kappa shape index (κ2) is 7.39. The number of amides is 1. The second-order valence-corrected chi connectivity index (χ2v) is 7.13. The Morgan fingerprint density at radius 1 is 1.36 bits per heavy atom. The largest absolute Gasteiger partial charge is 0.478 e. The highest BCUT2D eigenvalue weighted by atomic mass is 32.1. The lowest BCUT2D eigenvalue weighted by Crippen LogP contribution is -2.38. The van der Waals surface area contributed by atoms with Gasteiger partial charge in [0.2, 0.25) is 4.96 Å². The summed E-state index contributed by atoms with van der Waals surface area (Å²) in [6, 6.07) is 8.25. The maximum atomic E-state index is 12.1. The average molecular weight is 400 g/mol. The lowest BCUT2D eigenvalue weighted by Gasteiger charge is -2.25. The van der Waals surface area contributed by atoms with E-state index >= 15 is 0 Å². The Kier molecular flexibility index (Phi) is 4.78. The number of rotatable bonds is 5. The summed E-state index contributed by atoms with van der Waals surface area (Å²) in [7, 11) is 0. The molecule has 4 rings (SSSR count). The minimum absolute atomic E-state index is 0.172. The molecule has 1 unspecified atom stereocenters. The molecule has 0 radical (unpaired) electrons. The van der Waals surface area contributed by atoms with Gasteiger partial charge in [-0.2, -0.15) is 9.61 Å². The van der Waals surface area contributed by atoms with Gasteiger partial charge in [0.15, 0.2) is 6.10 Å². The number of para-hydroxylation sites is 2. The number of esters is 1. The topological polar surface area (TPSA) is 112 Å². The first-order valence-electron chi connectivity index (χ1n) is 8.64. The fourth-order valence-electron chi connectivity index (χ4n) is 2.70. The number of carbonyl (C=O) groups is 2. The molecule has 0 aliphatic carbocycles. The molecule has 1 aromatic carbocycles. The van der Waals surface area contributed by atoms with Crippen molar-refractivity contribution in [1.82, 2.24) is 14.6 Å². The monoisotopic (exact) mass is 400 g/mol. The molecule has 0 saturated heterocycles. The average Bonchev–Trinajstić information content (AvgIpc) is 3.11. The highest BCUT2D eigenvalue weighted by Gasteiger charge is 2.30. The maximum absolute atomic E-state index is 12.1. The number of benzene rings is 1. The van der Waals surface area contributed by atoms with E-state index in [1.165, 1.54) is 21.9 Å². The Labute approximate surface area is 162 Å². The van der Waals surface area contributed by atoms with Gasteiger partial charge in [0.1, 0.15) is 17.4 Å². The Balaban J connectivity index is 1.40. The van der Waals surface area contributed by atoms with Crippen LogP contribution in [0.1, 0.15) is 24.0 Å². The number of ether oxygens (including phenoxy) is 2. The smallest absolute Gasteiger partial charge is 0.310 e. The van der Waals surface area contributed by atoms with Crippen molar-refractivity contribution in [3.8, 4) is 5.75 Å². The van der Waals surface area contributed by atoms with E-state index in [0.29, 0.717) is 28.5 Å². The molecule has 3 heterocycles. The van der Waals surface area contributed by atoms with Crippen molar-refractivity contribution in [2.45, 2.75) is 32.5 Å². The second-order valence-electron chi connectivity index (χ2n) is 6.09. The van der Waals surface area contributed by atoms with E-state index in [-0.39, 0.29) is 18.6 Å². The van der Waals surface area contributed by atoms with E-state index in [2.05, 4.69) is 15.4 Å². The molecule has 2 aromatic heterocycles. The molecule has 1 amide bonds. The number of hydrogen-bond acceptors (Lipinski definition) is 8. The molecule has 144 valence electrons. The molecule has 1 aliphatic heterocycles. The van der Waals surface area contributed by atoms with Crippen LogP contribution < -0.4 is 15.6 Å². The van der Waals surface area contributed by atoms with Crippen LogP contribution in [0.5, 0.6) is 5.75 Å². The highest BCUT2D eigenvalue weighted by molar-refractivity contribution is 7.16. The molecule has 9 nitrogen and oxygen atoms in total. The third-order valence-electron chi connectivity index (χ3n) is 4.08. The van der Waals surface area contributed by atoms with Gasteiger partial charge in [-0.3, -0.25) is 14.4 Å². The molecular formula is C18H16N4O5S. The predicted molar refractivity (Wildman–Crippen MR) is 100 cm³/mol. The number of aromatic nitrogens is 3. The zero-order valence-corrected chi connectivity index (χ0v) is 15.7. The van der Waals surface area contributed by atoms with Crippen molar-refractivity contribution >= 4 is 33.9 Å². The normalized spacial score (nSPS) is 15.6. The van der Waals surface area contributed by atoms with Gasteiger partial charge in [0, 0.05) is 6.07 Å². The van der Waals surface area contributed by atoms with E-state index in [0.717, 1.165) is 5.01 Å². The lowest BCUT2D eigenvalue weighted by atomic mass is 10.1. The van der Waals surface area contributed by atoms with Gasteiger partial charge in [0.25, 0.3) is 11.5 Å². The molecule has 10 heteroatoms. The first-order valence-corrected chi connectivity index (χ1v) is 9.46. The van der Waals surface area contributed by atoms with Gasteiger partial charge < -0.3 is 14.8 Å². The van der Waals surface area contributed by atoms with Crippen LogP contribution >= 0.6 is 11.3 Å². The van der Waals surface area contributed by atoms with Crippen molar-refractivity contribution in [2.75, 3.05) is 5.32 Å². The molecule has 1 aliphatic rings. The van der Waals surface area contributed by atoms with E-state index < -0.39 is 18.0 Å². The predicted octanol–water partition coefficient (Wildman–Crippen LogP) is 1.55. The van der Waals surface area contributed by atoms with Crippen molar-refractivity contribution in [3.63, 3.8) is 0 Å². The van der Waals surface area contributed by atoms with E-state index in [1.54, 1.807) is 24.3 Å². The summed E-state index contributed by atoms with van der Waals surface area (Å²) in [6.45, 7) is 1.77. The van der Waals surface area contributed by atoms with Crippen molar-refractivity contribution in [1.29, 1.82) is 0 Å². The number of anilines is 1. The summed E-state index contributed by atoms with van der Waals surface area (Å²) in [6.07, 6.45) is -0.524. The standard InChI is InChI=1S/C18H16N4O5S/c1-2-14-21-22-15(23)7-10(19-18(22)28-14)9-26-16(24)8-13-17(25)20-11-5-3-4-6-12(11)27-13/h3-7,13H,2,8-9H2,1H3,(H,20,25). The molecule has 1 atom stereocenters. The van der Waals surface area contributed by atoms with E-state index in [9.17, 15) is 14.4 Å². The summed E-state index contributed by atoms with van der Waals surface area (Å²) >= 11 is 1.31. The summed E-state index contributed by atoms with van der Waals surface area (Å²) in [5, 5.41) is 7.64. The van der Waals surface area contributed by atoms with Crippen LogP contribution in [0.25, 0.3) is 4.96 Å². The molecule has 3 aromatic rings. The number of hydrogen-bond donors (Lipinski definition) is 1. The van der Waals surface area contributed by atoms with Gasteiger partial charge >= 0.3 is 5.97 Å². The molecule has 0 bridgehead atoms. The quantitative estimate of drug-likeness (QED) is 0.647. The maximum Gasteiger partial charge on any atom is 0.310 e. The van der Waals surface area contributed by atoms with Gasteiger partial charge in [-0.05, 0) is 18.6 Å². The highest BCUT2D eigenvalue weighted by Crippen LogP contribution is 2.29. The number of nitrogens with one attached hydrogen (secondary N) is 1. The van der Waals surface area contributed by atoms with Crippen molar-refractivity contribution < 1.29 is 19.1 Å². The zero-order chi connectivity index (χ0) is 19.7. The van der Waals surface area contributed by atoms with Gasteiger partial charge in [0.05, 0.1) is 17.8 Å². The third kappa shape index (κ3) is 3.58. The molecule has 0 fully saturated rings.